The molecule has 1 amide bonds. The van der Waals surface area contributed by atoms with Gasteiger partial charge >= 0.3 is 11.9 Å². The van der Waals surface area contributed by atoms with E-state index in [1.165, 1.54) is 13.0 Å². The first kappa shape index (κ1) is 18.9. The fourth-order valence-electron chi connectivity index (χ4n) is 1.76. The fraction of sp³-hybridized carbons (Fsp3) is 0.143. The van der Waals surface area contributed by atoms with Crippen molar-refractivity contribution in [3.8, 4) is 0 Å². The first-order valence-corrected chi connectivity index (χ1v) is 7.27. The summed E-state index contributed by atoms with van der Waals surface area (Å²) in [6.45, 7) is 1.25. The van der Waals surface area contributed by atoms with Crippen LogP contribution in [0.3, 0.4) is 0 Å². The third-order valence-electron chi connectivity index (χ3n) is 3.05. The topological polar surface area (TPSA) is 155 Å². The number of hydrogen-bond acceptors (Lipinski definition) is 8. The second-order valence-electron chi connectivity index (χ2n) is 4.85. The van der Waals surface area contributed by atoms with Gasteiger partial charge in [-0.1, -0.05) is 11.6 Å². The lowest BCUT2D eigenvalue weighted by atomic mass is 10.2. The van der Waals surface area contributed by atoms with Crippen molar-refractivity contribution in [2.75, 3.05) is 5.32 Å². The minimum atomic E-state index is -1.29. The van der Waals surface area contributed by atoms with Gasteiger partial charge in [0, 0.05) is 12.1 Å². The summed E-state index contributed by atoms with van der Waals surface area (Å²) in [5, 5.41) is 23.4. The predicted octanol–water partition coefficient (Wildman–Crippen LogP) is 2.93. The molecule has 0 radical (unpaired) electrons. The van der Waals surface area contributed by atoms with Gasteiger partial charge in [-0.25, -0.2) is 4.79 Å². The Morgan fingerprint density at radius 3 is 2.42 bits per heavy atom. The number of amides is 1. The number of nitrogens with one attached hydrogen (secondary N) is 1. The zero-order chi connectivity index (χ0) is 19.4. The second-order valence-corrected chi connectivity index (χ2v) is 5.26. The number of carbonyl (C=O) groups is 2. The predicted molar refractivity (Wildman–Crippen MR) is 87.0 cm³/mol. The quantitative estimate of drug-likeness (QED) is 0.453. The lowest BCUT2D eigenvalue weighted by molar-refractivity contribution is -0.402. The molecule has 1 N–H and O–H groups in total. The number of non-ortho nitro benzene ring substituents is 1. The van der Waals surface area contributed by atoms with E-state index in [4.69, 9.17) is 16.3 Å². The van der Waals surface area contributed by atoms with Gasteiger partial charge in [0.05, 0.1) is 21.7 Å². The molecule has 11 nitrogen and oxygen atoms in total. The number of halogens is 1. The number of benzene rings is 1. The molecule has 2 aromatic rings. The number of esters is 1. The lowest BCUT2D eigenvalue weighted by Gasteiger charge is -2.13. The number of carbonyl (C=O) groups excluding carboxylic acids is 2. The average molecular weight is 384 g/mol. The van der Waals surface area contributed by atoms with E-state index >= 15 is 0 Å². The number of ether oxygens (including phenoxy) is 1. The Hall–Kier alpha value is -3.47. The molecule has 1 aromatic heterocycles. The van der Waals surface area contributed by atoms with E-state index in [1.54, 1.807) is 0 Å². The maximum Gasteiger partial charge on any atom is 0.433 e. The molecule has 0 fully saturated rings. The van der Waals surface area contributed by atoms with E-state index in [0.29, 0.717) is 0 Å². The summed E-state index contributed by atoms with van der Waals surface area (Å²) in [5.74, 6) is -2.93. The average Bonchev–Trinajstić information content (AvgIpc) is 3.06. The molecule has 1 atom stereocenters. The van der Waals surface area contributed by atoms with Crippen LogP contribution in [-0.4, -0.2) is 27.8 Å². The molecule has 0 saturated carbocycles. The number of anilines is 1. The number of nitro benzene ring substituents is 1. The Morgan fingerprint density at radius 1 is 1.19 bits per heavy atom. The summed E-state index contributed by atoms with van der Waals surface area (Å²) < 4.78 is 9.52. The number of rotatable bonds is 6. The van der Waals surface area contributed by atoms with Crippen LogP contribution >= 0.6 is 11.6 Å². The van der Waals surface area contributed by atoms with Gasteiger partial charge in [-0.15, -0.1) is 0 Å². The maximum atomic E-state index is 12.0. The summed E-state index contributed by atoms with van der Waals surface area (Å²) in [5.41, 5.74) is -0.175. The van der Waals surface area contributed by atoms with Crippen LogP contribution in [0.1, 0.15) is 17.5 Å². The monoisotopic (exact) mass is 383 g/mol. The number of hydrogen-bond donors (Lipinski definition) is 1. The second kappa shape index (κ2) is 7.61. The molecule has 26 heavy (non-hydrogen) atoms. The normalized spacial score (nSPS) is 11.5. The van der Waals surface area contributed by atoms with Crippen LogP contribution in [0.5, 0.6) is 0 Å². The van der Waals surface area contributed by atoms with Gasteiger partial charge in [0.15, 0.2) is 6.10 Å². The van der Waals surface area contributed by atoms with Gasteiger partial charge < -0.3 is 14.5 Å². The molecule has 12 heteroatoms. The highest BCUT2D eigenvalue weighted by Crippen LogP contribution is 2.27. The summed E-state index contributed by atoms with van der Waals surface area (Å²) in [4.78, 5) is 43.5. The Bertz CT molecular complexity index is 894. The number of nitrogens with zero attached hydrogens (tertiary/aromatic N) is 2. The molecule has 136 valence electrons. The van der Waals surface area contributed by atoms with Crippen molar-refractivity contribution < 1.29 is 28.6 Å². The molecule has 2 rings (SSSR count). The summed E-state index contributed by atoms with van der Waals surface area (Å²) >= 11 is 5.85. The van der Waals surface area contributed by atoms with E-state index < -0.39 is 39.5 Å². The van der Waals surface area contributed by atoms with Crippen LogP contribution in [-0.2, 0) is 9.53 Å². The van der Waals surface area contributed by atoms with Gasteiger partial charge in [0.25, 0.3) is 11.6 Å². The molecular weight excluding hydrogens is 374 g/mol. The Morgan fingerprint density at radius 2 is 1.88 bits per heavy atom. The van der Waals surface area contributed by atoms with Crippen LogP contribution < -0.4 is 5.32 Å². The van der Waals surface area contributed by atoms with Gasteiger partial charge in [-0.3, -0.25) is 25.0 Å². The SMILES string of the molecule is C[C@@H](OC(=O)c1ccc([N+](=O)[O-])o1)C(=O)Nc1ccc([N+](=O)[O-])cc1Cl. The lowest BCUT2D eigenvalue weighted by Crippen LogP contribution is -2.30. The zero-order valence-corrected chi connectivity index (χ0v) is 13.8. The highest BCUT2D eigenvalue weighted by molar-refractivity contribution is 6.34. The highest BCUT2D eigenvalue weighted by atomic mass is 35.5. The highest BCUT2D eigenvalue weighted by Gasteiger charge is 2.24. The van der Waals surface area contributed by atoms with Crippen molar-refractivity contribution in [2.24, 2.45) is 0 Å². The van der Waals surface area contributed by atoms with E-state index in [2.05, 4.69) is 9.73 Å². The van der Waals surface area contributed by atoms with E-state index in [9.17, 15) is 29.8 Å². The van der Waals surface area contributed by atoms with Gasteiger partial charge in [-0.2, -0.15) is 0 Å². The molecule has 1 heterocycles. The number of furan rings is 1. The van der Waals surface area contributed by atoms with Crippen molar-refractivity contribution >= 4 is 40.7 Å². The molecular formula is C14H10ClN3O8. The molecule has 0 saturated heterocycles. The molecule has 1 aromatic carbocycles. The Labute approximate surface area is 149 Å². The van der Waals surface area contributed by atoms with Crippen molar-refractivity contribution in [3.05, 3.63) is 61.3 Å². The molecule has 0 bridgehead atoms. The van der Waals surface area contributed by atoms with Crippen LogP contribution in [0.2, 0.25) is 5.02 Å². The van der Waals surface area contributed by atoms with Crippen molar-refractivity contribution in [3.63, 3.8) is 0 Å². The summed E-state index contributed by atoms with van der Waals surface area (Å²) in [6.07, 6.45) is -1.29. The standard InChI is InChI=1S/C14H10ClN3O8/c1-7(25-14(20)11-4-5-12(26-11)18(23)24)13(19)16-10-3-2-8(17(21)22)6-9(10)15/h2-7H,1H3,(H,16,19)/t7-/m1/s1. The maximum absolute atomic E-state index is 12.0. The van der Waals surface area contributed by atoms with Crippen molar-refractivity contribution in [1.82, 2.24) is 0 Å². The van der Waals surface area contributed by atoms with Gasteiger partial charge in [-0.05, 0) is 19.1 Å². The molecule has 0 aliphatic heterocycles. The van der Waals surface area contributed by atoms with Crippen LogP contribution in [0.4, 0.5) is 17.3 Å². The Kier molecular flexibility index (Phi) is 5.52. The smallest absolute Gasteiger partial charge is 0.433 e. The van der Waals surface area contributed by atoms with Crippen LogP contribution in [0.25, 0.3) is 0 Å². The van der Waals surface area contributed by atoms with Crippen LogP contribution in [0, 0.1) is 20.2 Å². The molecule has 0 aliphatic rings. The first-order valence-electron chi connectivity index (χ1n) is 6.89. The van der Waals surface area contributed by atoms with E-state index in [1.807, 2.05) is 0 Å². The van der Waals surface area contributed by atoms with Crippen LogP contribution in [0.15, 0.2) is 34.7 Å². The largest absolute Gasteiger partial charge is 0.447 e. The van der Waals surface area contributed by atoms with E-state index in [0.717, 1.165) is 24.3 Å². The minimum absolute atomic E-state index is 0.0762. The minimum Gasteiger partial charge on any atom is -0.447 e. The Balaban J connectivity index is 2.01. The first-order chi connectivity index (χ1) is 12.2. The third kappa shape index (κ3) is 4.33. The zero-order valence-electron chi connectivity index (χ0n) is 13.0. The number of nitro groups is 2. The van der Waals surface area contributed by atoms with Crippen molar-refractivity contribution in [1.29, 1.82) is 0 Å². The third-order valence-corrected chi connectivity index (χ3v) is 3.36. The molecule has 0 unspecified atom stereocenters. The molecule has 0 spiro atoms. The van der Waals surface area contributed by atoms with E-state index in [-0.39, 0.29) is 16.4 Å². The summed E-state index contributed by atoms with van der Waals surface area (Å²) in [6, 6.07) is 5.43. The fourth-order valence-corrected chi connectivity index (χ4v) is 1.98. The molecule has 0 aliphatic carbocycles. The summed E-state index contributed by atoms with van der Waals surface area (Å²) in [7, 11) is 0. The van der Waals surface area contributed by atoms with Crippen molar-refractivity contribution in [2.45, 2.75) is 13.0 Å². The van der Waals surface area contributed by atoms with Gasteiger partial charge in [0.1, 0.15) is 4.92 Å². The van der Waals surface area contributed by atoms with Gasteiger partial charge in [0.2, 0.25) is 5.76 Å².